The van der Waals surface area contributed by atoms with Gasteiger partial charge in [-0.2, -0.15) is 0 Å². The number of H-pyrrole nitrogens is 1. The van der Waals surface area contributed by atoms with Gasteiger partial charge in [0.05, 0.1) is 18.8 Å². The molecule has 5 aromatic rings. The summed E-state index contributed by atoms with van der Waals surface area (Å²) in [6, 6.07) is 20.2. The van der Waals surface area contributed by atoms with Crippen LogP contribution in [0, 0.1) is 13.8 Å². The number of nitrogens with one attached hydrogen (secondary N) is 1. The first-order chi connectivity index (χ1) is 18.0. The number of rotatable bonds is 10. The quantitative estimate of drug-likeness (QED) is 0.288. The predicted octanol–water partition coefficient (Wildman–Crippen LogP) is 5.12. The molecule has 190 valence electrons. The summed E-state index contributed by atoms with van der Waals surface area (Å²) < 4.78 is 7.58. The summed E-state index contributed by atoms with van der Waals surface area (Å²) in [6.45, 7) is 7.87. The molecular formula is C29H32N6O2. The van der Waals surface area contributed by atoms with Crippen LogP contribution >= 0.6 is 0 Å². The Balaban J connectivity index is 1.47. The maximum Gasteiger partial charge on any atom is 0.252 e. The third kappa shape index (κ3) is 5.54. The number of furan rings is 1. The number of pyridine rings is 1. The molecular weight excluding hydrogens is 464 g/mol. The fourth-order valence-electron chi connectivity index (χ4n) is 5.02. The van der Waals surface area contributed by atoms with E-state index >= 15 is 0 Å². The highest BCUT2D eigenvalue weighted by molar-refractivity contribution is 5.83. The van der Waals surface area contributed by atoms with E-state index in [0.717, 1.165) is 46.5 Å². The summed E-state index contributed by atoms with van der Waals surface area (Å²) in [6.07, 6.45) is 3.28. The standard InChI is InChI=1S/C29H32N6O2/c1-4-27(28-31-32-33-35(28)13-12-22-9-6-5-7-10-22)34(19-24-11-8-14-37-24)18-23-17-25-21(3)15-20(2)16-26(25)30-29(23)36/h5-11,14-17,27H,4,12-13,18-19H2,1-3H3,(H,30,36)/t27-/m0/s1. The van der Waals surface area contributed by atoms with Gasteiger partial charge < -0.3 is 9.40 Å². The second kappa shape index (κ2) is 10.9. The molecule has 1 N–H and O–H groups in total. The molecule has 0 fully saturated rings. The predicted molar refractivity (Wildman–Crippen MR) is 143 cm³/mol. The second-order valence-electron chi connectivity index (χ2n) is 9.57. The van der Waals surface area contributed by atoms with Crippen LogP contribution in [0.25, 0.3) is 10.9 Å². The van der Waals surface area contributed by atoms with E-state index in [4.69, 9.17) is 4.42 Å². The van der Waals surface area contributed by atoms with Crippen LogP contribution in [0.15, 0.2) is 76.1 Å². The molecule has 8 heteroatoms. The number of aryl methyl sites for hydroxylation is 4. The molecule has 0 saturated carbocycles. The lowest BCUT2D eigenvalue weighted by molar-refractivity contribution is 0.148. The Bertz CT molecular complexity index is 1520. The van der Waals surface area contributed by atoms with Crippen molar-refractivity contribution in [2.24, 2.45) is 0 Å². The Labute approximate surface area is 215 Å². The minimum atomic E-state index is -0.106. The average Bonchev–Trinajstić information content (AvgIpc) is 3.57. The molecule has 3 aromatic heterocycles. The number of aromatic amines is 1. The van der Waals surface area contributed by atoms with Crippen molar-refractivity contribution in [1.82, 2.24) is 30.1 Å². The summed E-state index contributed by atoms with van der Waals surface area (Å²) in [4.78, 5) is 18.5. The lowest BCUT2D eigenvalue weighted by Crippen LogP contribution is -2.32. The summed E-state index contributed by atoms with van der Waals surface area (Å²) >= 11 is 0. The lowest BCUT2D eigenvalue weighted by Gasteiger charge is -2.29. The Morgan fingerprint density at radius 1 is 1.05 bits per heavy atom. The van der Waals surface area contributed by atoms with Crippen LogP contribution in [0.2, 0.25) is 0 Å². The zero-order valence-electron chi connectivity index (χ0n) is 21.5. The van der Waals surface area contributed by atoms with E-state index in [-0.39, 0.29) is 11.6 Å². The smallest absolute Gasteiger partial charge is 0.252 e. The molecule has 0 aliphatic carbocycles. The van der Waals surface area contributed by atoms with Crippen molar-refractivity contribution in [2.45, 2.75) is 59.3 Å². The zero-order chi connectivity index (χ0) is 25.8. The van der Waals surface area contributed by atoms with Crippen LogP contribution in [0.1, 0.15) is 53.2 Å². The molecule has 0 spiro atoms. The number of hydrogen-bond donors (Lipinski definition) is 1. The molecule has 2 aromatic carbocycles. The SMILES string of the molecule is CC[C@@H](c1nnnn1CCc1ccccc1)N(Cc1ccco1)Cc1cc2c(C)cc(C)cc2[nH]c1=O. The first-order valence-electron chi connectivity index (χ1n) is 12.7. The molecule has 0 bridgehead atoms. The Morgan fingerprint density at radius 2 is 1.89 bits per heavy atom. The van der Waals surface area contributed by atoms with Crippen molar-refractivity contribution in [3.8, 4) is 0 Å². The van der Waals surface area contributed by atoms with Gasteiger partial charge in [-0.15, -0.1) is 5.10 Å². The van der Waals surface area contributed by atoms with Gasteiger partial charge in [0, 0.05) is 29.6 Å². The van der Waals surface area contributed by atoms with E-state index in [1.165, 1.54) is 5.56 Å². The number of nitrogens with zero attached hydrogens (tertiary/aromatic N) is 5. The molecule has 0 radical (unpaired) electrons. The Kier molecular flexibility index (Phi) is 7.28. The van der Waals surface area contributed by atoms with Gasteiger partial charge in [-0.25, -0.2) is 4.68 Å². The number of aromatic nitrogens is 5. The van der Waals surface area contributed by atoms with Crippen molar-refractivity contribution in [2.75, 3.05) is 0 Å². The second-order valence-corrected chi connectivity index (χ2v) is 9.57. The number of fused-ring (bicyclic) bond motifs is 1. The molecule has 0 saturated heterocycles. The summed E-state index contributed by atoms with van der Waals surface area (Å²) in [5, 5.41) is 13.8. The Morgan fingerprint density at radius 3 is 2.65 bits per heavy atom. The van der Waals surface area contributed by atoms with Crippen molar-refractivity contribution >= 4 is 10.9 Å². The molecule has 3 heterocycles. The maximum absolute atomic E-state index is 13.2. The molecule has 1 atom stereocenters. The molecule has 0 amide bonds. The monoisotopic (exact) mass is 496 g/mol. The van der Waals surface area contributed by atoms with Gasteiger partial charge in [0.1, 0.15) is 5.76 Å². The summed E-state index contributed by atoms with van der Waals surface area (Å²) in [5.74, 6) is 1.61. The first kappa shape index (κ1) is 24.6. The normalized spacial score (nSPS) is 12.4. The average molecular weight is 497 g/mol. The Hall–Kier alpha value is -4.04. The van der Waals surface area contributed by atoms with Crippen LogP contribution in [-0.4, -0.2) is 30.1 Å². The zero-order valence-corrected chi connectivity index (χ0v) is 21.5. The fourth-order valence-corrected chi connectivity index (χ4v) is 5.02. The number of tetrazole rings is 1. The van der Waals surface area contributed by atoms with E-state index in [0.29, 0.717) is 25.2 Å². The highest BCUT2D eigenvalue weighted by Crippen LogP contribution is 2.27. The third-order valence-corrected chi connectivity index (χ3v) is 6.84. The molecule has 8 nitrogen and oxygen atoms in total. The van der Waals surface area contributed by atoms with Crippen LogP contribution in [0.5, 0.6) is 0 Å². The van der Waals surface area contributed by atoms with Gasteiger partial charge in [-0.3, -0.25) is 9.69 Å². The minimum absolute atomic E-state index is 0.0829. The molecule has 0 aliphatic rings. The lowest BCUT2D eigenvalue weighted by atomic mass is 10.0. The van der Waals surface area contributed by atoms with Crippen LogP contribution in [-0.2, 0) is 26.1 Å². The van der Waals surface area contributed by atoms with E-state index in [2.05, 4.69) is 57.5 Å². The van der Waals surface area contributed by atoms with Gasteiger partial charge in [-0.1, -0.05) is 43.3 Å². The van der Waals surface area contributed by atoms with Crippen LogP contribution in [0.3, 0.4) is 0 Å². The van der Waals surface area contributed by atoms with Crippen molar-refractivity contribution < 1.29 is 4.42 Å². The highest BCUT2D eigenvalue weighted by Gasteiger charge is 2.26. The van der Waals surface area contributed by atoms with E-state index in [1.54, 1.807) is 6.26 Å². The van der Waals surface area contributed by atoms with Gasteiger partial charge in [0.2, 0.25) is 0 Å². The minimum Gasteiger partial charge on any atom is -0.468 e. The van der Waals surface area contributed by atoms with E-state index in [1.807, 2.05) is 54.1 Å². The van der Waals surface area contributed by atoms with Gasteiger partial charge in [0.25, 0.3) is 5.56 Å². The largest absolute Gasteiger partial charge is 0.468 e. The third-order valence-electron chi connectivity index (χ3n) is 6.84. The highest BCUT2D eigenvalue weighted by atomic mass is 16.3. The summed E-state index contributed by atoms with van der Waals surface area (Å²) in [5.41, 5.74) is 4.98. The van der Waals surface area contributed by atoms with Crippen molar-refractivity contribution in [3.63, 3.8) is 0 Å². The number of hydrogen-bond acceptors (Lipinski definition) is 6. The van der Waals surface area contributed by atoms with E-state index in [9.17, 15) is 4.79 Å². The topological polar surface area (TPSA) is 92.8 Å². The van der Waals surface area contributed by atoms with Crippen molar-refractivity contribution in [1.29, 1.82) is 0 Å². The first-order valence-corrected chi connectivity index (χ1v) is 12.7. The molecule has 5 rings (SSSR count). The van der Waals surface area contributed by atoms with E-state index < -0.39 is 0 Å². The summed E-state index contributed by atoms with van der Waals surface area (Å²) in [7, 11) is 0. The fraction of sp³-hybridized carbons (Fsp3) is 0.310. The van der Waals surface area contributed by atoms with Crippen molar-refractivity contribution in [3.05, 3.63) is 111 Å². The number of benzene rings is 2. The van der Waals surface area contributed by atoms with Gasteiger partial charge in [-0.05, 0) is 78.1 Å². The van der Waals surface area contributed by atoms with Gasteiger partial charge >= 0.3 is 0 Å². The molecule has 0 aliphatic heterocycles. The molecule has 37 heavy (non-hydrogen) atoms. The van der Waals surface area contributed by atoms with Crippen LogP contribution in [0.4, 0.5) is 0 Å². The maximum atomic E-state index is 13.2. The van der Waals surface area contributed by atoms with Gasteiger partial charge in [0.15, 0.2) is 5.82 Å². The van der Waals surface area contributed by atoms with Crippen LogP contribution < -0.4 is 5.56 Å². The molecule has 0 unspecified atom stereocenters.